The Morgan fingerprint density at radius 1 is 0.353 bits per heavy atom. The Hall–Kier alpha value is -16.3. The Morgan fingerprint density at radius 2 is 0.687 bits per heavy atom. The van der Waals surface area contributed by atoms with E-state index in [-0.39, 0.29) is 29.1 Å². The van der Waals surface area contributed by atoms with Gasteiger partial charge in [-0.1, -0.05) is 0 Å². The molecule has 15 aromatic heterocycles. The molecular weight excluding hydrogens is 1920 g/mol. The van der Waals surface area contributed by atoms with Gasteiger partial charge in [0.1, 0.15) is 76.6 Å². The van der Waals surface area contributed by atoms with Crippen LogP contribution in [0.3, 0.4) is 0 Å². The Balaban J connectivity index is 0.000000133. The van der Waals surface area contributed by atoms with Crippen molar-refractivity contribution in [3.63, 3.8) is 0 Å². The lowest BCUT2D eigenvalue weighted by molar-refractivity contribution is -0.709. The fourth-order valence-electron chi connectivity index (χ4n) is 17.8. The monoisotopic (exact) mass is 2040 g/mol. The van der Waals surface area contributed by atoms with E-state index >= 15 is 0 Å². The zero-order valence-corrected chi connectivity index (χ0v) is 88.2. The number of hydrogen-bond acceptors (Lipinski definition) is 24. The van der Waals surface area contributed by atoms with Crippen LogP contribution < -0.4 is 33.6 Å². The van der Waals surface area contributed by atoms with Crippen LogP contribution >= 0.6 is 0 Å². The molecule has 15 heterocycles. The SMILES string of the molecule is CN(C)Cc1nnc2ccc(-c3ccc(F)cc3OCCc3cnn(C)c3)cn12.CNCc1cnc2ccc(-c3ccc(F)cc3OCCc3c(C)nn(C)c3C)cn12.Cc1n[nH]c(C)[n+]1CCOc1cc(F)ccc1-c1ccc2nnc(CN(C)C)n2c1.Cc1n[nH]c(C)c1CCOc1cc(F)ccc1-c1ccc2nnc(CN(C)C)n2c1.Cc1nn(C)c(C)c1CCOc1cc(F)ccc1-c1ccc2nnc(CN(C)C)n2c1. The van der Waals surface area contributed by atoms with Gasteiger partial charge in [0, 0.05) is 213 Å². The largest absolute Gasteiger partial charge is 0.492 e. The molecule has 0 amide bonds. The van der Waals surface area contributed by atoms with Crippen molar-refractivity contribution in [2.24, 2.45) is 21.1 Å². The highest BCUT2D eigenvalue weighted by atomic mass is 19.1. The average Bonchev–Trinajstić information content (AvgIpc) is 1.61. The fourth-order valence-corrected chi connectivity index (χ4v) is 17.8. The Kier molecular flexibility index (Phi) is 34.2. The molecule has 0 aliphatic heterocycles. The van der Waals surface area contributed by atoms with Crippen molar-refractivity contribution in [2.75, 3.05) is 96.5 Å². The minimum Gasteiger partial charge on any atom is -0.492 e. The van der Waals surface area contributed by atoms with E-state index in [1.54, 1.807) is 35.0 Å². The minimum absolute atomic E-state index is 0.318. The molecule has 0 fully saturated rings. The van der Waals surface area contributed by atoms with E-state index in [1.165, 1.54) is 71.8 Å². The summed E-state index contributed by atoms with van der Waals surface area (Å²) in [5.41, 5.74) is 24.5. The Bertz CT molecular complexity index is 7850. The first-order valence-electron chi connectivity index (χ1n) is 49.2. The van der Waals surface area contributed by atoms with Crippen LogP contribution in [0, 0.1) is 84.5 Å². The summed E-state index contributed by atoms with van der Waals surface area (Å²) >= 11 is 0. The molecule has 0 aliphatic rings. The van der Waals surface area contributed by atoms with E-state index in [4.69, 9.17) is 23.7 Å². The summed E-state index contributed by atoms with van der Waals surface area (Å²) in [4.78, 5) is 12.6. The second-order valence-corrected chi connectivity index (χ2v) is 37.9. The van der Waals surface area contributed by atoms with Gasteiger partial charge in [0.05, 0.1) is 87.8 Å². The second kappa shape index (κ2) is 48.1. The summed E-state index contributed by atoms with van der Waals surface area (Å²) in [6.45, 7) is 22.0. The Morgan fingerprint density at radius 3 is 0.987 bits per heavy atom. The highest BCUT2D eigenvalue weighted by molar-refractivity contribution is 5.76. The van der Waals surface area contributed by atoms with Gasteiger partial charge in [-0.25, -0.2) is 31.5 Å². The van der Waals surface area contributed by atoms with Crippen molar-refractivity contribution in [1.29, 1.82) is 0 Å². The smallest absolute Gasteiger partial charge is 0.274 e. The van der Waals surface area contributed by atoms with Gasteiger partial charge in [-0.2, -0.15) is 20.4 Å². The highest BCUT2D eigenvalue weighted by Gasteiger charge is 2.24. The molecular formula is C110H126F5N30O5+. The van der Waals surface area contributed by atoms with E-state index in [1.807, 2.05) is 306 Å². The van der Waals surface area contributed by atoms with Crippen molar-refractivity contribution < 1.29 is 50.2 Å². The number of hydrogen-bond donors (Lipinski definition) is 3. The van der Waals surface area contributed by atoms with Gasteiger partial charge in [0.2, 0.25) is 5.82 Å². The van der Waals surface area contributed by atoms with Crippen molar-refractivity contribution >= 4 is 28.2 Å². The predicted octanol–water partition coefficient (Wildman–Crippen LogP) is 16.2. The molecule has 0 aliphatic carbocycles. The molecule has 20 rings (SSSR count). The van der Waals surface area contributed by atoms with Crippen LogP contribution in [0.2, 0.25) is 0 Å². The number of benzene rings is 5. The number of halogens is 5. The molecule has 150 heavy (non-hydrogen) atoms. The van der Waals surface area contributed by atoms with Gasteiger partial charge >= 0.3 is 0 Å². The number of nitrogens with one attached hydrogen (secondary N) is 3. The number of nitrogens with zero attached hydrogens (tertiary/aromatic N) is 27. The van der Waals surface area contributed by atoms with Crippen LogP contribution in [-0.4, -0.2) is 234 Å². The molecule has 780 valence electrons. The van der Waals surface area contributed by atoms with E-state index in [9.17, 15) is 22.0 Å². The van der Waals surface area contributed by atoms with E-state index < -0.39 is 0 Å². The fraction of sp³-hybridized carbons (Fsp3) is 0.318. The van der Waals surface area contributed by atoms with Gasteiger partial charge < -0.3 is 53.0 Å². The number of aromatic nitrogens is 25. The number of aromatic amines is 2. The molecule has 0 radical (unpaired) electrons. The second-order valence-electron chi connectivity index (χ2n) is 37.9. The zero-order valence-electron chi connectivity index (χ0n) is 88.2. The molecule has 0 saturated heterocycles. The molecule has 40 heteroatoms. The van der Waals surface area contributed by atoms with Crippen molar-refractivity contribution in [2.45, 2.75) is 120 Å². The van der Waals surface area contributed by atoms with Crippen LogP contribution in [0.15, 0.2) is 201 Å². The quantitative estimate of drug-likeness (QED) is 0.0245. The van der Waals surface area contributed by atoms with Gasteiger partial charge in [-0.3, -0.25) is 36.7 Å². The molecule has 0 bridgehead atoms. The third-order valence-electron chi connectivity index (χ3n) is 25.5. The number of rotatable bonds is 35. The number of pyridine rings is 5. The molecule has 0 spiro atoms. The zero-order chi connectivity index (χ0) is 106. The lowest BCUT2D eigenvalue weighted by Crippen LogP contribution is -2.40. The maximum atomic E-state index is 14.0. The Labute approximate surface area is 865 Å². The van der Waals surface area contributed by atoms with Crippen LogP contribution in [0.25, 0.3) is 83.9 Å². The number of aryl methyl sites for hydroxylation is 9. The van der Waals surface area contributed by atoms with Crippen LogP contribution in [0.5, 0.6) is 28.7 Å². The highest BCUT2D eigenvalue weighted by Crippen LogP contribution is 2.39. The molecule has 0 unspecified atom stereocenters. The van der Waals surface area contributed by atoms with Crippen LogP contribution in [0.1, 0.15) is 97.1 Å². The maximum absolute atomic E-state index is 14.0. The number of H-pyrrole nitrogens is 2. The summed E-state index contributed by atoms with van der Waals surface area (Å²) in [5, 5.41) is 64.5. The first-order chi connectivity index (χ1) is 72.1. The normalized spacial score (nSPS) is 11.5. The molecule has 35 nitrogen and oxygen atoms in total. The third kappa shape index (κ3) is 25.9. The summed E-state index contributed by atoms with van der Waals surface area (Å²) < 4.78 is 117. The van der Waals surface area contributed by atoms with Gasteiger partial charge in [0.25, 0.3) is 5.82 Å². The van der Waals surface area contributed by atoms with Gasteiger partial charge in [-0.05, 0) is 249 Å². The van der Waals surface area contributed by atoms with Gasteiger partial charge in [0.15, 0.2) is 45.9 Å². The van der Waals surface area contributed by atoms with Crippen LogP contribution in [-0.2, 0) is 86.1 Å². The summed E-state index contributed by atoms with van der Waals surface area (Å²) in [6.07, 6.45) is 18.3. The molecule has 0 saturated carbocycles. The van der Waals surface area contributed by atoms with E-state index in [0.29, 0.717) is 127 Å². The van der Waals surface area contributed by atoms with E-state index in [2.05, 4.69) is 86.8 Å². The first kappa shape index (κ1) is 106. The number of imidazole rings is 1. The van der Waals surface area contributed by atoms with Gasteiger partial charge in [-0.15, -0.1) is 45.9 Å². The van der Waals surface area contributed by atoms with E-state index in [0.717, 1.165) is 170 Å². The van der Waals surface area contributed by atoms with Crippen molar-refractivity contribution in [3.05, 3.63) is 327 Å². The summed E-state index contributed by atoms with van der Waals surface area (Å²) in [7, 11) is 23.5. The standard InChI is InChI=1S/C23H27FN6O.C23H26FN5O.C22H25FN6O.C21H24FN7O.C21H23FN6O/c1-15-19(16(2)29(5)27-15)10-11-31-21-12-18(24)7-8-20(21)17-6-9-22-25-26-23(14-28(3)4)30(22)13-17;1-15-20(16(2)28(4)27-15)9-10-30-22-11-18(24)6-7-21(22)17-5-8-23-26-13-19(12-25-3)29(23)14-17;1-14-18(15(2)25-24-14)9-10-30-20-11-17(23)6-7-19(20)16-5-8-21-26-27-22(13-28(3)4)29(21)12-16;1-14-23-24-15(2)28(14)9-10-30-19-11-17(22)6-7-18(19)16-5-8-20-25-26-21(13-27(3)4)29(20)12-16;1-26(2)14-21-25-24-20-7-4-16(13-28(20)21)18-6-5-17(22)10-19(18)29-9-8-15-11-23-27(3)12-15/h6-9,12-13H,10-11,14H2,1-5H3;5-8,11,13-14,25H,9-10,12H2,1-4H3;5-8,11-12H,9-10,13H2,1-4H3,(H,24,25);5-8,11-12H,9-10,13H2,1-4H3;4-7,10-13H,8-9,14H2,1-3H3/p+1. The predicted molar refractivity (Wildman–Crippen MR) is 564 cm³/mol. The first-order valence-corrected chi connectivity index (χ1v) is 49.2. The van der Waals surface area contributed by atoms with Crippen LogP contribution in [0.4, 0.5) is 22.0 Å². The lowest BCUT2D eigenvalue weighted by atomic mass is 10.1. The summed E-state index contributed by atoms with van der Waals surface area (Å²) in [6, 6.07) is 42.6. The molecule has 0 atom stereocenters. The average molecular weight is 2040 g/mol. The summed E-state index contributed by atoms with van der Waals surface area (Å²) in [5.74, 6) is 6.10. The topological polar surface area (TPSA) is 324 Å². The molecule has 20 aromatic rings. The molecule has 3 N–H and O–H groups in total. The number of ether oxygens (including phenoxy) is 5. The van der Waals surface area contributed by atoms with Crippen molar-refractivity contribution in [1.82, 2.24) is 142 Å². The van der Waals surface area contributed by atoms with Crippen molar-refractivity contribution in [3.8, 4) is 84.4 Å². The molecule has 5 aromatic carbocycles. The third-order valence-corrected chi connectivity index (χ3v) is 25.5. The number of fused-ring (bicyclic) bond motifs is 5. The minimum atomic E-state index is -0.337. The lowest BCUT2D eigenvalue weighted by Gasteiger charge is -2.13. The maximum Gasteiger partial charge on any atom is 0.274 e.